The number of pyridine rings is 1. The van der Waals surface area contributed by atoms with Crippen molar-refractivity contribution in [3.05, 3.63) is 23.9 Å². The van der Waals surface area contributed by atoms with Crippen molar-refractivity contribution in [2.75, 3.05) is 18.5 Å². The molecule has 0 radical (unpaired) electrons. The maximum absolute atomic E-state index is 14.4. The van der Waals surface area contributed by atoms with Crippen molar-refractivity contribution in [2.45, 2.75) is 50.7 Å². The number of ether oxygens (including phenoxy) is 2. The maximum atomic E-state index is 14.4. The van der Waals surface area contributed by atoms with E-state index in [1.54, 1.807) is 12.3 Å². The fourth-order valence-corrected chi connectivity index (χ4v) is 3.12. The normalized spacial score (nSPS) is 26.3. The summed E-state index contributed by atoms with van der Waals surface area (Å²) in [5.74, 6) is -0.338. The van der Waals surface area contributed by atoms with Crippen LogP contribution in [0, 0.1) is 0 Å². The first kappa shape index (κ1) is 16.3. The minimum atomic E-state index is -0.992. The Morgan fingerprint density at radius 2 is 2.22 bits per heavy atom. The fraction of sp³-hybridized carbons (Fsp3) is 0.625. The minimum absolute atomic E-state index is 0.156. The molecule has 2 aliphatic rings. The van der Waals surface area contributed by atoms with E-state index in [1.165, 1.54) is 6.92 Å². The molecule has 2 unspecified atom stereocenters. The van der Waals surface area contributed by atoms with Crippen LogP contribution in [0.5, 0.6) is 0 Å². The number of amides is 1. The quantitative estimate of drug-likeness (QED) is 0.883. The number of nitrogens with zero attached hydrogens (tertiary/aromatic N) is 1. The fourth-order valence-electron chi connectivity index (χ4n) is 3.12. The molecule has 0 aromatic carbocycles. The summed E-state index contributed by atoms with van der Waals surface area (Å²) in [7, 11) is 0. The standard InChI is InChI=1S/C16H22FN3O3/c1-11(21)20-15-3-2-12(10-19-15)9-18-14-4-5-16(8-13(14)17)22-6-7-23-16/h2-3,10,13-14,18H,4-9H2,1H3,(H,19,20,21). The zero-order chi connectivity index (χ0) is 16.3. The average molecular weight is 323 g/mol. The van der Waals surface area contributed by atoms with E-state index in [0.29, 0.717) is 38.4 Å². The van der Waals surface area contributed by atoms with Gasteiger partial charge in [0.1, 0.15) is 12.0 Å². The molecule has 2 N–H and O–H groups in total. The molecule has 1 aromatic rings. The van der Waals surface area contributed by atoms with E-state index in [-0.39, 0.29) is 18.4 Å². The Morgan fingerprint density at radius 1 is 1.43 bits per heavy atom. The molecule has 1 saturated carbocycles. The Balaban J connectivity index is 1.49. The highest BCUT2D eigenvalue weighted by molar-refractivity contribution is 5.87. The van der Waals surface area contributed by atoms with E-state index >= 15 is 0 Å². The van der Waals surface area contributed by atoms with Crippen molar-refractivity contribution in [3.63, 3.8) is 0 Å². The predicted octanol–water partition coefficient (Wildman–Crippen LogP) is 1.76. The van der Waals surface area contributed by atoms with Crippen molar-refractivity contribution in [2.24, 2.45) is 0 Å². The summed E-state index contributed by atoms with van der Waals surface area (Å²) in [6.07, 6.45) is 2.36. The molecule has 2 atom stereocenters. The molecule has 2 heterocycles. The van der Waals surface area contributed by atoms with Crippen LogP contribution >= 0.6 is 0 Å². The highest BCUT2D eigenvalue weighted by Crippen LogP contribution is 2.37. The van der Waals surface area contributed by atoms with Crippen molar-refractivity contribution in [3.8, 4) is 0 Å². The summed E-state index contributed by atoms with van der Waals surface area (Å²) in [5, 5.41) is 5.85. The highest BCUT2D eigenvalue weighted by atomic mass is 19.1. The molecule has 7 heteroatoms. The van der Waals surface area contributed by atoms with Gasteiger partial charge in [0.2, 0.25) is 5.91 Å². The van der Waals surface area contributed by atoms with Gasteiger partial charge in [-0.3, -0.25) is 4.79 Å². The van der Waals surface area contributed by atoms with Crippen LogP contribution < -0.4 is 10.6 Å². The molecule has 6 nitrogen and oxygen atoms in total. The molecule has 3 rings (SSSR count). The van der Waals surface area contributed by atoms with E-state index in [1.807, 2.05) is 6.07 Å². The van der Waals surface area contributed by atoms with E-state index in [0.717, 1.165) is 5.56 Å². The zero-order valence-electron chi connectivity index (χ0n) is 13.2. The van der Waals surface area contributed by atoms with Crippen LogP contribution in [0.1, 0.15) is 31.7 Å². The molecule has 0 bridgehead atoms. The van der Waals surface area contributed by atoms with Crippen LogP contribution in [0.25, 0.3) is 0 Å². The van der Waals surface area contributed by atoms with Crippen LogP contribution in [-0.4, -0.2) is 42.1 Å². The number of hydrogen-bond acceptors (Lipinski definition) is 5. The SMILES string of the molecule is CC(=O)Nc1ccc(CNC2CCC3(CC2F)OCCO3)cn1. The van der Waals surface area contributed by atoms with E-state index in [9.17, 15) is 9.18 Å². The molecule has 2 fully saturated rings. The van der Waals surface area contributed by atoms with Gasteiger partial charge in [0, 0.05) is 38.5 Å². The van der Waals surface area contributed by atoms with Gasteiger partial charge < -0.3 is 20.1 Å². The van der Waals surface area contributed by atoms with Crippen molar-refractivity contribution in [1.82, 2.24) is 10.3 Å². The largest absolute Gasteiger partial charge is 0.347 e. The van der Waals surface area contributed by atoms with Crippen LogP contribution in [0.4, 0.5) is 10.2 Å². The number of nitrogens with one attached hydrogen (secondary N) is 2. The second-order valence-corrected chi connectivity index (χ2v) is 6.09. The first-order valence-corrected chi connectivity index (χ1v) is 7.94. The Hall–Kier alpha value is -1.57. The van der Waals surface area contributed by atoms with Gasteiger partial charge in [-0.05, 0) is 18.1 Å². The van der Waals surface area contributed by atoms with Gasteiger partial charge in [-0.15, -0.1) is 0 Å². The number of anilines is 1. The third-order valence-electron chi connectivity index (χ3n) is 4.29. The average Bonchev–Trinajstić information content (AvgIpc) is 2.95. The van der Waals surface area contributed by atoms with Crippen LogP contribution in [-0.2, 0) is 20.8 Å². The lowest BCUT2D eigenvalue weighted by Crippen LogP contribution is -2.49. The van der Waals surface area contributed by atoms with Crippen molar-refractivity contribution in [1.29, 1.82) is 0 Å². The summed E-state index contributed by atoms with van der Waals surface area (Å²) < 4.78 is 25.5. The molecule has 1 aliphatic carbocycles. The number of rotatable bonds is 4. The Morgan fingerprint density at radius 3 is 2.83 bits per heavy atom. The van der Waals surface area contributed by atoms with Crippen molar-refractivity contribution < 1.29 is 18.7 Å². The maximum Gasteiger partial charge on any atom is 0.222 e. The molecule has 23 heavy (non-hydrogen) atoms. The number of carbonyl (C=O) groups excluding carboxylic acids is 1. The van der Waals surface area contributed by atoms with E-state index in [2.05, 4.69) is 15.6 Å². The topological polar surface area (TPSA) is 72.5 Å². The smallest absolute Gasteiger partial charge is 0.222 e. The second kappa shape index (κ2) is 6.90. The predicted molar refractivity (Wildman–Crippen MR) is 82.6 cm³/mol. The van der Waals surface area contributed by atoms with E-state index < -0.39 is 12.0 Å². The molecular weight excluding hydrogens is 301 g/mol. The van der Waals surface area contributed by atoms with Gasteiger partial charge in [0.05, 0.1) is 13.2 Å². The van der Waals surface area contributed by atoms with Gasteiger partial charge in [0.15, 0.2) is 5.79 Å². The number of aromatic nitrogens is 1. The second-order valence-electron chi connectivity index (χ2n) is 6.09. The number of alkyl halides is 1. The summed E-state index contributed by atoms with van der Waals surface area (Å²) in [6.45, 7) is 3.08. The Bertz CT molecular complexity index is 546. The van der Waals surface area contributed by atoms with Crippen molar-refractivity contribution >= 4 is 11.7 Å². The highest BCUT2D eigenvalue weighted by Gasteiger charge is 2.45. The van der Waals surface area contributed by atoms with E-state index in [4.69, 9.17) is 9.47 Å². The van der Waals surface area contributed by atoms with Gasteiger partial charge in [0.25, 0.3) is 0 Å². The Labute approximate surface area is 134 Å². The van der Waals surface area contributed by atoms with Crippen LogP contribution in [0.2, 0.25) is 0 Å². The molecule has 1 saturated heterocycles. The van der Waals surface area contributed by atoms with Crippen LogP contribution in [0.3, 0.4) is 0 Å². The summed E-state index contributed by atoms with van der Waals surface area (Å²) >= 11 is 0. The summed E-state index contributed by atoms with van der Waals surface area (Å²) in [4.78, 5) is 15.1. The third kappa shape index (κ3) is 4.04. The summed E-state index contributed by atoms with van der Waals surface area (Å²) in [5.41, 5.74) is 0.944. The van der Waals surface area contributed by atoms with Gasteiger partial charge in [-0.1, -0.05) is 6.07 Å². The molecule has 1 aliphatic heterocycles. The number of halogens is 1. The molecule has 1 spiro atoms. The monoisotopic (exact) mass is 323 g/mol. The lowest BCUT2D eigenvalue weighted by atomic mass is 9.88. The van der Waals surface area contributed by atoms with Crippen LogP contribution in [0.15, 0.2) is 18.3 Å². The molecule has 1 aromatic heterocycles. The molecule has 126 valence electrons. The lowest BCUT2D eigenvalue weighted by Gasteiger charge is -2.38. The first-order valence-electron chi connectivity index (χ1n) is 7.94. The first-order chi connectivity index (χ1) is 11.1. The lowest BCUT2D eigenvalue weighted by molar-refractivity contribution is -0.192. The molecular formula is C16H22FN3O3. The summed E-state index contributed by atoms with van der Waals surface area (Å²) in [6, 6.07) is 3.40. The number of carbonyl (C=O) groups is 1. The zero-order valence-corrected chi connectivity index (χ0v) is 13.2. The molecule has 1 amide bonds. The minimum Gasteiger partial charge on any atom is -0.347 e. The third-order valence-corrected chi connectivity index (χ3v) is 4.29. The van der Waals surface area contributed by atoms with Gasteiger partial charge in [-0.2, -0.15) is 0 Å². The Kier molecular flexibility index (Phi) is 4.89. The van der Waals surface area contributed by atoms with Gasteiger partial charge in [-0.25, -0.2) is 9.37 Å². The number of hydrogen-bond donors (Lipinski definition) is 2. The van der Waals surface area contributed by atoms with Gasteiger partial charge >= 0.3 is 0 Å².